The van der Waals surface area contributed by atoms with Gasteiger partial charge in [-0.25, -0.2) is 0 Å². The molecule has 0 radical (unpaired) electrons. The van der Waals surface area contributed by atoms with Crippen molar-refractivity contribution in [3.8, 4) is 0 Å². The lowest BCUT2D eigenvalue weighted by atomic mass is 10.2. The van der Waals surface area contributed by atoms with Crippen molar-refractivity contribution >= 4 is 5.91 Å². The molecule has 0 saturated carbocycles. The third kappa shape index (κ3) is 9.00. The molecule has 0 bridgehead atoms. The SMILES string of the molecule is CCN(CC)CCCN(CC)C(=O)COC(C)(C)C. The average molecular weight is 272 g/mol. The molecule has 0 aliphatic carbocycles. The second-order valence-corrected chi connectivity index (χ2v) is 5.75. The fourth-order valence-corrected chi connectivity index (χ4v) is 1.85. The quantitative estimate of drug-likeness (QED) is 0.646. The number of amides is 1. The lowest BCUT2D eigenvalue weighted by Gasteiger charge is -2.25. The molecular formula is C15H32N2O2. The fourth-order valence-electron chi connectivity index (χ4n) is 1.85. The molecule has 0 heterocycles. The van der Waals surface area contributed by atoms with Crippen LogP contribution < -0.4 is 0 Å². The van der Waals surface area contributed by atoms with E-state index in [1.165, 1.54) is 0 Å². The Labute approximate surface area is 119 Å². The molecule has 19 heavy (non-hydrogen) atoms. The lowest BCUT2D eigenvalue weighted by molar-refractivity contribution is -0.140. The van der Waals surface area contributed by atoms with Gasteiger partial charge in [0.15, 0.2) is 0 Å². The van der Waals surface area contributed by atoms with E-state index in [1.54, 1.807) is 0 Å². The summed E-state index contributed by atoms with van der Waals surface area (Å²) >= 11 is 0. The number of nitrogens with zero attached hydrogens (tertiary/aromatic N) is 2. The van der Waals surface area contributed by atoms with Crippen molar-refractivity contribution in [3.63, 3.8) is 0 Å². The van der Waals surface area contributed by atoms with E-state index in [2.05, 4.69) is 18.7 Å². The van der Waals surface area contributed by atoms with E-state index in [4.69, 9.17) is 4.74 Å². The predicted molar refractivity (Wildman–Crippen MR) is 80.4 cm³/mol. The Morgan fingerprint density at radius 3 is 2.00 bits per heavy atom. The van der Waals surface area contributed by atoms with Crippen LogP contribution in [0.5, 0.6) is 0 Å². The summed E-state index contributed by atoms with van der Waals surface area (Å²) in [5.41, 5.74) is -0.254. The van der Waals surface area contributed by atoms with Gasteiger partial charge in [-0.3, -0.25) is 4.79 Å². The molecule has 0 aromatic heterocycles. The molecule has 114 valence electrons. The molecule has 0 atom stereocenters. The maximum absolute atomic E-state index is 12.0. The largest absolute Gasteiger partial charge is 0.366 e. The van der Waals surface area contributed by atoms with E-state index < -0.39 is 0 Å². The van der Waals surface area contributed by atoms with Gasteiger partial charge < -0.3 is 14.5 Å². The van der Waals surface area contributed by atoms with Crippen LogP contribution >= 0.6 is 0 Å². The molecule has 4 nitrogen and oxygen atoms in total. The number of rotatable bonds is 9. The number of hydrogen-bond acceptors (Lipinski definition) is 3. The standard InChI is InChI=1S/C15H32N2O2/c1-7-16(8-2)11-10-12-17(9-3)14(18)13-19-15(4,5)6/h7-13H2,1-6H3. The van der Waals surface area contributed by atoms with E-state index in [0.717, 1.165) is 39.1 Å². The molecule has 0 aliphatic heterocycles. The van der Waals surface area contributed by atoms with Gasteiger partial charge in [0.1, 0.15) is 6.61 Å². The number of likely N-dealkylation sites (N-methyl/N-ethyl adjacent to an activating group) is 1. The van der Waals surface area contributed by atoms with Crippen LogP contribution in [0.15, 0.2) is 0 Å². The highest BCUT2D eigenvalue weighted by Crippen LogP contribution is 2.07. The Balaban J connectivity index is 4.02. The monoisotopic (exact) mass is 272 g/mol. The summed E-state index contributed by atoms with van der Waals surface area (Å²) in [5.74, 6) is 0.0944. The molecule has 0 unspecified atom stereocenters. The Morgan fingerprint density at radius 1 is 1.00 bits per heavy atom. The zero-order chi connectivity index (χ0) is 14.9. The highest BCUT2D eigenvalue weighted by Gasteiger charge is 2.16. The Hall–Kier alpha value is -0.610. The molecular weight excluding hydrogens is 240 g/mol. The van der Waals surface area contributed by atoms with Gasteiger partial charge in [0, 0.05) is 13.1 Å². The molecule has 0 N–H and O–H groups in total. The van der Waals surface area contributed by atoms with Crippen LogP contribution in [0.25, 0.3) is 0 Å². The van der Waals surface area contributed by atoms with Gasteiger partial charge in [-0.05, 0) is 53.8 Å². The first-order valence-corrected chi connectivity index (χ1v) is 7.48. The minimum absolute atomic E-state index is 0.0944. The smallest absolute Gasteiger partial charge is 0.248 e. The third-order valence-corrected chi connectivity index (χ3v) is 3.16. The van der Waals surface area contributed by atoms with Crippen molar-refractivity contribution in [1.82, 2.24) is 9.80 Å². The van der Waals surface area contributed by atoms with Gasteiger partial charge in [0.25, 0.3) is 0 Å². The summed E-state index contributed by atoms with van der Waals surface area (Å²) in [5, 5.41) is 0. The molecule has 0 saturated heterocycles. The number of hydrogen-bond donors (Lipinski definition) is 0. The van der Waals surface area contributed by atoms with Crippen molar-refractivity contribution in [1.29, 1.82) is 0 Å². The predicted octanol–water partition coefficient (Wildman–Crippen LogP) is 2.38. The van der Waals surface area contributed by atoms with Crippen molar-refractivity contribution in [2.45, 2.75) is 53.6 Å². The van der Waals surface area contributed by atoms with E-state index in [0.29, 0.717) is 0 Å². The van der Waals surface area contributed by atoms with Crippen LogP contribution in [0.1, 0.15) is 48.0 Å². The summed E-state index contributed by atoms with van der Waals surface area (Å²) < 4.78 is 5.54. The average Bonchev–Trinajstić information content (AvgIpc) is 2.35. The van der Waals surface area contributed by atoms with Crippen molar-refractivity contribution in [2.24, 2.45) is 0 Å². The first-order valence-electron chi connectivity index (χ1n) is 7.48. The zero-order valence-corrected chi connectivity index (χ0v) is 13.7. The fraction of sp³-hybridized carbons (Fsp3) is 0.933. The summed E-state index contributed by atoms with van der Waals surface area (Å²) in [4.78, 5) is 16.3. The van der Waals surface area contributed by atoms with Crippen LogP contribution in [-0.2, 0) is 9.53 Å². The molecule has 0 rings (SSSR count). The van der Waals surface area contributed by atoms with Gasteiger partial charge in [0.05, 0.1) is 5.60 Å². The number of carbonyl (C=O) groups is 1. The maximum atomic E-state index is 12.0. The van der Waals surface area contributed by atoms with Gasteiger partial charge in [-0.2, -0.15) is 0 Å². The second kappa shape index (κ2) is 9.32. The molecule has 1 amide bonds. The van der Waals surface area contributed by atoms with E-state index >= 15 is 0 Å². The Kier molecular flexibility index (Phi) is 9.02. The second-order valence-electron chi connectivity index (χ2n) is 5.75. The summed E-state index contributed by atoms with van der Waals surface area (Å²) in [6.07, 6.45) is 1.02. The zero-order valence-electron chi connectivity index (χ0n) is 13.7. The summed E-state index contributed by atoms with van der Waals surface area (Å²) in [6, 6.07) is 0. The van der Waals surface area contributed by atoms with E-state index in [1.807, 2.05) is 32.6 Å². The van der Waals surface area contributed by atoms with E-state index in [-0.39, 0.29) is 18.1 Å². The third-order valence-electron chi connectivity index (χ3n) is 3.16. The van der Waals surface area contributed by atoms with Gasteiger partial charge in [0.2, 0.25) is 5.91 Å². The maximum Gasteiger partial charge on any atom is 0.248 e. The van der Waals surface area contributed by atoms with Gasteiger partial charge in [-0.1, -0.05) is 13.8 Å². The van der Waals surface area contributed by atoms with Crippen molar-refractivity contribution in [2.75, 3.05) is 39.3 Å². The molecule has 0 fully saturated rings. The summed E-state index contributed by atoms with van der Waals surface area (Å²) in [7, 11) is 0. The van der Waals surface area contributed by atoms with Crippen molar-refractivity contribution < 1.29 is 9.53 Å². The van der Waals surface area contributed by atoms with Crippen LogP contribution in [0, 0.1) is 0 Å². The van der Waals surface area contributed by atoms with Crippen molar-refractivity contribution in [3.05, 3.63) is 0 Å². The molecule has 4 heteroatoms. The molecule has 0 aromatic rings. The first-order chi connectivity index (χ1) is 8.84. The highest BCUT2D eigenvalue weighted by molar-refractivity contribution is 5.77. The van der Waals surface area contributed by atoms with Gasteiger partial charge in [-0.15, -0.1) is 0 Å². The van der Waals surface area contributed by atoms with Crippen LogP contribution in [0.4, 0.5) is 0 Å². The lowest BCUT2D eigenvalue weighted by Crippen LogP contribution is -2.38. The molecule has 0 aromatic carbocycles. The number of ether oxygens (including phenoxy) is 1. The minimum atomic E-state index is -0.254. The first kappa shape index (κ1) is 18.4. The Bertz CT molecular complexity index is 245. The minimum Gasteiger partial charge on any atom is -0.366 e. The Morgan fingerprint density at radius 2 is 1.58 bits per heavy atom. The van der Waals surface area contributed by atoms with Crippen LogP contribution in [0.2, 0.25) is 0 Å². The highest BCUT2D eigenvalue weighted by atomic mass is 16.5. The number of carbonyl (C=O) groups excluding carboxylic acids is 1. The normalized spacial score (nSPS) is 11.9. The van der Waals surface area contributed by atoms with Crippen LogP contribution in [0.3, 0.4) is 0 Å². The molecule has 0 spiro atoms. The van der Waals surface area contributed by atoms with Gasteiger partial charge >= 0.3 is 0 Å². The van der Waals surface area contributed by atoms with E-state index in [9.17, 15) is 4.79 Å². The molecule has 0 aliphatic rings. The topological polar surface area (TPSA) is 32.8 Å². The summed E-state index contributed by atoms with van der Waals surface area (Å²) in [6.45, 7) is 17.2. The van der Waals surface area contributed by atoms with Crippen LogP contribution in [-0.4, -0.2) is 60.6 Å².